The van der Waals surface area contributed by atoms with Gasteiger partial charge in [-0.25, -0.2) is 0 Å². The third-order valence-electron chi connectivity index (χ3n) is 3.44. The molecule has 0 bridgehead atoms. The van der Waals surface area contributed by atoms with Crippen molar-refractivity contribution in [3.63, 3.8) is 0 Å². The first-order chi connectivity index (χ1) is 7.72. The lowest BCUT2D eigenvalue weighted by Gasteiger charge is -2.23. The predicted molar refractivity (Wildman–Crippen MR) is 67.5 cm³/mol. The summed E-state index contributed by atoms with van der Waals surface area (Å²) in [4.78, 5) is 0. The molecule has 0 aromatic carbocycles. The Kier molecular flexibility index (Phi) is 3.36. The predicted octanol–water partition coefficient (Wildman–Crippen LogP) is 2.31. The molecule has 1 aliphatic carbocycles. The molecule has 1 fully saturated rings. The van der Waals surface area contributed by atoms with Gasteiger partial charge in [0.05, 0.1) is 11.4 Å². The lowest BCUT2D eigenvalue weighted by atomic mass is 9.95. The summed E-state index contributed by atoms with van der Waals surface area (Å²) < 4.78 is 1.88. The molecule has 0 spiro atoms. The zero-order valence-electron chi connectivity index (χ0n) is 10.3. The number of aryl methyl sites for hydroxylation is 2. The van der Waals surface area contributed by atoms with Crippen LogP contribution in [0.4, 0.5) is 11.5 Å². The van der Waals surface area contributed by atoms with Crippen LogP contribution in [0.25, 0.3) is 0 Å². The van der Waals surface area contributed by atoms with E-state index in [1.807, 2.05) is 11.7 Å². The molecule has 1 aliphatic rings. The molecule has 0 amide bonds. The Hall–Kier alpha value is -1.19. The molecule has 0 saturated heterocycles. The van der Waals surface area contributed by atoms with Crippen molar-refractivity contribution >= 4 is 11.5 Å². The number of nitrogens with zero attached hydrogens (tertiary/aromatic N) is 2. The van der Waals surface area contributed by atoms with Crippen molar-refractivity contribution in [2.45, 2.75) is 51.5 Å². The Morgan fingerprint density at radius 3 is 2.62 bits per heavy atom. The van der Waals surface area contributed by atoms with Gasteiger partial charge in [-0.05, 0) is 19.3 Å². The topological polar surface area (TPSA) is 55.9 Å². The number of nitrogens with one attached hydrogen (secondary N) is 1. The molecule has 1 saturated carbocycles. The minimum Gasteiger partial charge on any atom is -0.394 e. The fourth-order valence-corrected chi connectivity index (χ4v) is 2.47. The average Bonchev–Trinajstić information content (AvgIpc) is 2.58. The summed E-state index contributed by atoms with van der Waals surface area (Å²) in [5.74, 6) is 1.00. The molecule has 0 aliphatic heterocycles. The van der Waals surface area contributed by atoms with Gasteiger partial charge < -0.3 is 11.1 Å². The Morgan fingerprint density at radius 2 is 2.06 bits per heavy atom. The van der Waals surface area contributed by atoms with Crippen LogP contribution in [0.5, 0.6) is 0 Å². The van der Waals surface area contributed by atoms with Crippen LogP contribution in [0.15, 0.2) is 0 Å². The molecule has 0 atom stereocenters. The van der Waals surface area contributed by atoms with E-state index in [2.05, 4.69) is 17.3 Å². The quantitative estimate of drug-likeness (QED) is 0.825. The molecule has 4 nitrogen and oxygen atoms in total. The van der Waals surface area contributed by atoms with E-state index < -0.39 is 0 Å². The Bertz CT molecular complexity index is 350. The lowest BCUT2D eigenvalue weighted by molar-refractivity contribution is 0.460. The number of rotatable bonds is 3. The van der Waals surface area contributed by atoms with E-state index in [-0.39, 0.29) is 0 Å². The standard InChI is InChI=1S/C12H22N4/c1-3-10-11(13)12(16(2)15-10)14-9-7-5-4-6-8-9/h9,14H,3-8,13H2,1-2H3. The highest BCUT2D eigenvalue weighted by Gasteiger charge is 2.18. The first kappa shape index (κ1) is 11.3. The first-order valence-corrected chi connectivity index (χ1v) is 6.30. The second kappa shape index (κ2) is 4.76. The summed E-state index contributed by atoms with van der Waals surface area (Å²) >= 11 is 0. The van der Waals surface area contributed by atoms with Crippen molar-refractivity contribution in [2.75, 3.05) is 11.1 Å². The Balaban J connectivity index is 2.10. The average molecular weight is 222 g/mol. The molecule has 2 rings (SSSR count). The van der Waals surface area contributed by atoms with Gasteiger partial charge in [0, 0.05) is 13.1 Å². The van der Waals surface area contributed by atoms with Gasteiger partial charge in [-0.15, -0.1) is 0 Å². The summed E-state index contributed by atoms with van der Waals surface area (Å²) in [7, 11) is 1.96. The van der Waals surface area contributed by atoms with Crippen LogP contribution in [0.2, 0.25) is 0 Å². The molecule has 4 heteroatoms. The van der Waals surface area contributed by atoms with Gasteiger partial charge in [0.25, 0.3) is 0 Å². The van der Waals surface area contributed by atoms with E-state index in [0.717, 1.165) is 23.6 Å². The molecule has 0 radical (unpaired) electrons. The smallest absolute Gasteiger partial charge is 0.147 e. The van der Waals surface area contributed by atoms with Crippen molar-refractivity contribution in [2.24, 2.45) is 7.05 Å². The largest absolute Gasteiger partial charge is 0.394 e. The van der Waals surface area contributed by atoms with Crippen LogP contribution >= 0.6 is 0 Å². The third-order valence-corrected chi connectivity index (χ3v) is 3.44. The number of hydrogen-bond donors (Lipinski definition) is 2. The van der Waals surface area contributed by atoms with E-state index in [1.165, 1.54) is 32.1 Å². The van der Waals surface area contributed by atoms with Gasteiger partial charge in [0.15, 0.2) is 0 Å². The molecule has 16 heavy (non-hydrogen) atoms. The number of hydrogen-bond acceptors (Lipinski definition) is 3. The first-order valence-electron chi connectivity index (χ1n) is 6.30. The van der Waals surface area contributed by atoms with Crippen LogP contribution in [0, 0.1) is 0 Å². The van der Waals surface area contributed by atoms with Gasteiger partial charge in [-0.2, -0.15) is 5.10 Å². The lowest BCUT2D eigenvalue weighted by Crippen LogP contribution is -2.24. The molecule has 1 heterocycles. The van der Waals surface area contributed by atoms with E-state index in [9.17, 15) is 0 Å². The summed E-state index contributed by atoms with van der Waals surface area (Å²) in [5, 5.41) is 7.97. The van der Waals surface area contributed by atoms with Gasteiger partial charge in [-0.3, -0.25) is 4.68 Å². The minimum atomic E-state index is 0.580. The SMILES string of the molecule is CCc1nn(C)c(NC2CCCCC2)c1N. The summed E-state index contributed by atoms with van der Waals surface area (Å²) in [6, 6.07) is 0.580. The molecular weight excluding hydrogens is 200 g/mol. The van der Waals surface area contributed by atoms with Crippen molar-refractivity contribution in [1.82, 2.24) is 9.78 Å². The van der Waals surface area contributed by atoms with Gasteiger partial charge in [0.2, 0.25) is 0 Å². The van der Waals surface area contributed by atoms with Crippen LogP contribution < -0.4 is 11.1 Å². The Labute approximate surface area is 97.2 Å². The van der Waals surface area contributed by atoms with Gasteiger partial charge >= 0.3 is 0 Å². The fraction of sp³-hybridized carbons (Fsp3) is 0.750. The minimum absolute atomic E-state index is 0.580. The summed E-state index contributed by atoms with van der Waals surface area (Å²) in [6.07, 6.45) is 7.44. The van der Waals surface area contributed by atoms with E-state index in [0.29, 0.717) is 6.04 Å². The number of nitrogen functional groups attached to an aromatic ring is 1. The molecular formula is C12H22N4. The maximum Gasteiger partial charge on any atom is 0.147 e. The van der Waals surface area contributed by atoms with Crippen LogP contribution in [-0.4, -0.2) is 15.8 Å². The number of nitrogens with two attached hydrogens (primary N) is 1. The highest BCUT2D eigenvalue weighted by molar-refractivity contribution is 5.65. The third kappa shape index (κ3) is 2.15. The second-order valence-electron chi connectivity index (χ2n) is 4.67. The maximum atomic E-state index is 6.09. The highest BCUT2D eigenvalue weighted by Crippen LogP contribution is 2.27. The molecule has 90 valence electrons. The van der Waals surface area contributed by atoms with E-state index in [1.54, 1.807) is 0 Å². The molecule has 0 unspecified atom stereocenters. The van der Waals surface area contributed by atoms with Crippen LogP contribution in [-0.2, 0) is 13.5 Å². The zero-order chi connectivity index (χ0) is 11.5. The number of anilines is 2. The molecule has 3 N–H and O–H groups in total. The van der Waals surface area contributed by atoms with Crippen molar-refractivity contribution in [3.8, 4) is 0 Å². The normalized spacial score (nSPS) is 17.6. The molecule has 1 aromatic rings. The second-order valence-corrected chi connectivity index (χ2v) is 4.67. The maximum absolute atomic E-state index is 6.09. The highest BCUT2D eigenvalue weighted by atomic mass is 15.3. The van der Waals surface area contributed by atoms with Crippen molar-refractivity contribution < 1.29 is 0 Å². The fourth-order valence-electron chi connectivity index (χ4n) is 2.47. The summed E-state index contributed by atoms with van der Waals surface area (Å²) in [5.41, 5.74) is 7.92. The van der Waals surface area contributed by atoms with Crippen LogP contribution in [0.1, 0.15) is 44.7 Å². The number of aromatic nitrogens is 2. The van der Waals surface area contributed by atoms with Crippen molar-refractivity contribution in [1.29, 1.82) is 0 Å². The van der Waals surface area contributed by atoms with Crippen molar-refractivity contribution in [3.05, 3.63) is 5.69 Å². The molecule has 1 aromatic heterocycles. The monoisotopic (exact) mass is 222 g/mol. The zero-order valence-corrected chi connectivity index (χ0v) is 10.3. The van der Waals surface area contributed by atoms with Gasteiger partial charge in [0.1, 0.15) is 5.82 Å². The van der Waals surface area contributed by atoms with E-state index >= 15 is 0 Å². The van der Waals surface area contributed by atoms with Gasteiger partial charge in [-0.1, -0.05) is 26.2 Å². The summed E-state index contributed by atoms with van der Waals surface area (Å²) in [6.45, 7) is 2.09. The van der Waals surface area contributed by atoms with E-state index in [4.69, 9.17) is 5.73 Å². The Morgan fingerprint density at radius 1 is 1.38 bits per heavy atom. The van der Waals surface area contributed by atoms with Crippen LogP contribution in [0.3, 0.4) is 0 Å².